The van der Waals surface area contributed by atoms with Crippen LogP contribution < -0.4 is 11.1 Å². The van der Waals surface area contributed by atoms with Crippen LogP contribution in [0.4, 0.5) is 10.5 Å². The number of anilines is 1. The van der Waals surface area contributed by atoms with Gasteiger partial charge in [0.2, 0.25) is 0 Å². The van der Waals surface area contributed by atoms with Crippen molar-refractivity contribution in [3.8, 4) is 5.75 Å². The number of rotatable bonds is 1. The zero-order valence-electron chi connectivity index (χ0n) is 7.56. The van der Waals surface area contributed by atoms with Gasteiger partial charge in [-0.05, 0) is 17.7 Å². The van der Waals surface area contributed by atoms with Crippen LogP contribution >= 0.6 is 0 Å². The van der Waals surface area contributed by atoms with Gasteiger partial charge in [0, 0.05) is 0 Å². The molecular weight excluding hydrogens is 200 g/mol. The van der Waals surface area contributed by atoms with Gasteiger partial charge in [0.05, 0.1) is 5.69 Å². The lowest BCUT2D eigenvalue weighted by atomic mass is 10.1. The molecule has 0 radical (unpaired) electrons. The zero-order valence-corrected chi connectivity index (χ0v) is 7.56. The Morgan fingerprint density at radius 3 is 2.67 bits per heavy atom. The Bertz CT molecular complexity index is 444. The molecule has 78 valence electrons. The Balaban J connectivity index is 2.34. The summed E-state index contributed by atoms with van der Waals surface area (Å²) in [6.45, 7) is 0. The van der Waals surface area contributed by atoms with Crippen LogP contribution in [-0.4, -0.2) is 17.2 Å². The summed E-state index contributed by atoms with van der Waals surface area (Å²) in [5, 5.41) is 11.5. The highest BCUT2D eigenvalue weighted by atomic mass is 16.6. The highest BCUT2D eigenvalue weighted by molar-refractivity contribution is 5.96. The van der Waals surface area contributed by atoms with Crippen molar-refractivity contribution in [2.24, 2.45) is 0 Å². The van der Waals surface area contributed by atoms with Crippen LogP contribution in [0.1, 0.15) is 11.6 Å². The average Bonchev–Trinajstić information content (AvgIpc) is 2.50. The summed E-state index contributed by atoms with van der Waals surface area (Å²) in [4.78, 5) is 21.9. The van der Waals surface area contributed by atoms with Crippen molar-refractivity contribution in [1.82, 2.24) is 5.32 Å². The highest BCUT2D eigenvalue weighted by Crippen LogP contribution is 2.26. The number of ether oxygens (including phenoxy) is 1. The second-order valence-electron chi connectivity index (χ2n) is 3.10. The van der Waals surface area contributed by atoms with E-state index in [0.29, 0.717) is 5.56 Å². The van der Waals surface area contributed by atoms with Crippen molar-refractivity contribution in [3.63, 3.8) is 0 Å². The fraction of sp³-hybridized carbons (Fsp3) is 0.111. The maximum absolute atomic E-state index is 11.2. The summed E-state index contributed by atoms with van der Waals surface area (Å²) in [6, 6.07) is 3.40. The first-order valence-corrected chi connectivity index (χ1v) is 4.18. The highest BCUT2D eigenvalue weighted by Gasteiger charge is 2.33. The summed E-state index contributed by atoms with van der Waals surface area (Å²) >= 11 is 0. The lowest BCUT2D eigenvalue weighted by molar-refractivity contribution is -0.135. The molecule has 1 amide bonds. The van der Waals surface area contributed by atoms with Crippen molar-refractivity contribution in [2.45, 2.75) is 6.04 Å². The SMILES string of the molecule is Nc1cc(C2NC(=O)OC2=O)ccc1O. The number of amides is 1. The van der Waals surface area contributed by atoms with Gasteiger partial charge in [-0.2, -0.15) is 0 Å². The van der Waals surface area contributed by atoms with E-state index in [1.54, 1.807) is 0 Å². The Morgan fingerprint density at radius 1 is 1.40 bits per heavy atom. The third-order valence-electron chi connectivity index (χ3n) is 2.08. The van der Waals surface area contributed by atoms with Crippen LogP contribution in [0.2, 0.25) is 0 Å². The number of phenols is 1. The van der Waals surface area contributed by atoms with Gasteiger partial charge < -0.3 is 20.9 Å². The van der Waals surface area contributed by atoms with Crippen LogP contribution in [0.3, 0.4) is 0 Å². The van der Waals surface area contributed by atoms with Gasteiger partial charge in [-0.1, -0.05) is 6.07 Å². The van der Waals surface area contributed by atoms with Gasteiger partial charge in [-0.15, -0.1) is 0 Å². The van der Waals surface area contributed by atoms with Crippen LogP contribution in [0.25, 0.3) is 0 Å². The van der Waals surface area contributed by atoms with Gasteiger partial charge >= 0.3 is 12.1 Å². The summed E-state index contributed by atoms with van der Waals surface area (Å²) in [6.07, 6.45) is -0.781. The molecule has 0 saturated carbocycles. The van der Waals surface area contributed by atoms with Gasteiger partial charge in [0.15, 0.2) is 6.04 Å². The molecule has 6 heteroatoms. The smallest absolute Gasteiger partial charge is 0.415 e. The molecule has 1 aromatic carbocycles. The van der Waals surface area contributed by atoms with Crippen molar-refractivity contribution < 1.29 is 19.4 Å². The molecule has 0 bridgehead atoms. The number of esters is 1. The van der Waals surface area contributed by atoms with Crippen LogP contribution in [-0.2, 0) is 9.53 Å². The number of nitrogens with one attached hydrogen (secondary N) is 1. The molecule has 1 heterocycles. The quantitative estimate of drug-likeness (QED) is 0.266. The van der Waals surface area contributed by atoms with Gasteiger partial charge in [0.1, 0.15) is 5.75 Å². The number of aromatic hydroxyl groups is 1. The molecule has 1 saturated heterocycles. The molecular formula is C9H8N2O4. The van der Waals surface area contributed by atoms with Crippen LogP contribution in [0.5, 0.6) is 5.75 Å². The lowest BCUT2D eigenvalue weighted by Gasteiger charge is -2.07. The van der Waals surface area contributed by atoms with E-state index in [9.17, 15) is 14.7 Å². The third kappa shape index (κ3) is 1.56. The molecule has 1 aliphatic rings. The fourth-order valence-corrected chi connectivity index (χ4v) is 1.33. The Morgan fingerprint density at radius 2 is 2.13 bits per heavy atom. The number of alkyl carbamates (subject to hydrolysis) is 1. The summed E-state index contributed by atoms with van der Waals surface area (Å²) in [7, 11) is 0. The number of hydrogen-bond donors (Lipinski definition) is 3. The van der Waals surface area contributed by atoms with Gasteiger partial charge in [0.25, 0.3) is 0 Å². The predicted octanol–water partition coefficient (Wildman–Crippen LogP) is 0.282. The normalized spacial score (nSPS) is 19.9. The monoisotopic (exact) mass is 208 g/mol. The second kappa shape index (κ2) is 3.16. The molecule has 1 unspecified atom stereocenters. The molecule has 0 aliphatic carbocycles. The van der Waals surface area contributed by atoms with Crippen molar-refractivity contribution in [3.05, 3.63) is 23.8 Å². The summed E-state index contributed by atoms with van der Waals surface area (Å²) < 4.78 is 4.31. The topological polar surface area (TPSA) is 102 Å². The minimum atomic E-state index is -0.847. The summed E-state index contributed by atoms with van der Waals surface area (Å²) in [5.41, 5.74) is 6.07. The van der Waals surface area contributed by atoms with E-state index < -0.39 is 18.1 Å². The predicted molar refractivity (Wildman–Crippen MR) is 49.9 cm³/mol. The lowest BCUT2D eigenvalue weighted by Crippen LogP contribution is -2.20. The first-order valence-electron chi connectivity index (χ1n) is 4.18. The largest absolute Gasteiger partial charge is 0.506 e. The van der Waals surface area contributed by atoms with Gasteiger partial charge in [-0.25, -0.2) is 9.59 Å². The van der Waals surface area contributed by atoms with E-state index in [-0.39, 0.29) is 11.4 Å². The minimum absolute atomic E-state index is 0.0727. The Labute approximate surface area is 84.6 Å². The maximum atomic E-state index is 11.2. The Hall–Kier alpha value is -2.24. The number of cyclic esters (lactones) is 2. The van der Waals surface area contributed by atoms with E-state index in [1.807, 2.05) is 0 Å². The summed E-state index contributed by atoms with van der Waals surface area (Å²) in [5.74, 6) is -0.749. The first-order chi connectivity index (χ1) is 7.08. The van der Waals surface area contributed by atoms with E-state index in [4.69, 9.17) is 5.73 Å². The van der Waals surface area contributed by atoms with Crippen molar-refractivity contribution in [2.75, 3.05) is 5.73 Å². The molecule has 6 nitrogen and oxygen atoms in total. The van der Waals surface area contributed by atoms with Crippen LogP contribution in [0, 0.1) is 0 Å². The number of carbonyl (C=O) groups is 2. The van der Waals surface area contributed by atoms with E-state index in [0.717, 1.165) is 0 Å². The third-order valence-corrected chi connectivity index (χ3v) is 2.08. The van der Waals surface area contributed by atoms with E-state index in [2.05, 4.69) is 10.1 Å². The number of phenolic OH excluding ortho intramolecular Hbond substituents is 1. The number of nitrogen functional groups attached to an aromatic ring is 1. The Kier molecular flexibility index (Phi) is 1.96. The average molecular weight is 208 g/mol. The molecule has 0 spiro atoms. The van der Waals surface area contributed by atoms with Gasteiger partial charge in [-0.3, -0.25) is 0 Å². The molecule has 0 aromatic heterocycles. The molecule has 1 atom stereocenters. The van der Waals surface area contributed by atoms with Crippen molar-refractivity contribution in [1.29, 1.82) is 0 Å². The maximum Gasteiger partial charge on any atom is 0.415 e. The standard InChI is InChI=1S/C9H8N2O4/c10-5-3-4(1-2-6(5)12)7-8(13)15-9(14)11-7/h1-3,7,12H,10H2,(H,11,14). The van der Waals surface area contributed by atoms with Crippen molar-refractivity contribution >= 4 is 17.7 Å². The molecule has 4 N–H and O–H groups in total. The zero-order chi connectivity index (χ0) is 11.0. The van der Waals surface area contributed by atoms with E-state index >= 15 is 0 Å². The molecule has 1 fully saturated rings. The fourth-order valence-electron chi connectivity index (χ4n) is 1.33. The number of benzene rings is 1. The molecule has 1 aromatic rings. The van der Waals surface area contributed by atoms with E-state index in [1.165, 1.54) is 18.2 Å². The minimum Gasteiger partial charge on any atom is -0.506 e. The molecule has 15 heavy (non-hydrogen) atoms. The van der Waals surface area contributed by atoms with Crippen LogP contribution in [0.15, 0.2) is 18.2 Å². The number of hydrogen-bond acceptors (Lipinski definition) is 5. The number of nitrogens with two attached hydrogens (primary N) is 1. The molecule has 2 rings (SSSR count). The number of carbonyl (C=O) groups excluding carboxylic acids is 2. The molecule has 1 aliphatic heterocycles. The first kappa shape index (κ1) is 9.32. The second-order valence-corrected chi connectivity index (χ2v) is 3.10.